The van der Waals surface area contributed by atoms with Crippen molar-refractivity contribution in [1.82, 2.24) is 10.2 Å². The van der Waals surface area contributed by atoms with Crippen LogP contribution < -0.4 is 10.1 Å². The maximum Gasteiger partial charge on any atom is 0.133 e. The maximum atomic E-state index is 5.26. The van der Waals surface area contributed by atoms with Crippen molar-refractivity contribution in [2.45, 2.75) is 31.8 Å². The lowest BCUT2D eigenvalue weighted by Gasteiger charge is -2.39. The molecule has 1 fully saturated rings. The molecule has 0 aliphatic carbocycles. The van der Waals surface area contributed by atoms with Crippen LogP contribution in [0.15, 0.2) is 22.7 Å². The van der Waals surface area contributed by atoms with E-state index in [1.54, 1.807) is 7.11 Å². The molecule has 0 saturated carbocycles. The fourth-order valence-electron chi connectivity index (χ4n) is 2.52. The lowest BCUT2D eigenvalue weighted by Crippen LogP contribution is -2.49. The van der Waals surface area contributed by atoms with Crippen molar-refractivity contribution in [3.8, 4) is 5.75 Å². The second-order valence-electron chi connectivity index (χ2n) is 5.56. The molecule has 1 heterocycles. The van der Waals surface area contributed by atoms with Crippen LogP contribution in [0.25, 0.3) is 0 Å². The van der Waals surface area contributed by atoms with Crippen molar-refractivity contribution < 1.29 is 4.74 Å². The average Bonchev–Trinajstić information content (AvgIpc) is 2.42. The van der Waals surface area contributed by atoms with Crippen LogP contribution in [-0.4, -0.2) is 37.7 Å². The van der Waals surface area contributed by atoms with Crippen LogP contribution in [-0.2, 0) is 6.54 Å². The van der Waals surface area contributed by atoms with Gasteiger partial charge in [-0.15, -0.1) is 0 Å². The topological polar surface area (TPSA) is 24.5 Å². The van der Waals surface area contributed by atoms with E-state index in [4.69, 9.17) is 4.74 Å². The normalized spacial score (nSPS) is 19.4. The van der Waals surface area contributed by atoms with Crippen molar-refractivity contribution in [3.05, 3.63) is 28.2 Å². The van der Waals surface area contributed by atoms with E-state index in [0.29, 0.717) is 5.54 Å². The van der Waals surface area contributed by atoms with Gasteiger partial charge in [-0.25, -0.2) is 0 Å². The van der Waals surface area contributed by atoms with Gasteiger partial charge in [0.1, 0.15) is 5.75 Å². The molecule has 0 amide bonds. The highest BCUT2D eigenvalue weighted by molar-refractivity contribution is 9.10. The van der Waals surface area contributed by atoms with Crippen LogP contribution in [0.2, 0.25) is 0 Å². The van der Waals surface area contributed by atoms with Crippen molar-refractivity contribution in [2.75, 3.05) is 27.2 Å². The summed E-state index contributed by atoms with van der Waals surface area (Å²) < 4.78 is 6.30. The van der Waals surface area contributed by atoms with Gasteiger partial charge in [-0.2, -0.15) is 0 Å². The van der Waals surface area contributed by atoms with E-state index in [1.807, 2.05) is 6.07 Å². The van der Waals surface area contributed by atoms with Gasteiger partial charge in [-0.05, 0) is 60.4 Å². The minimum atomic E-state index is 0.316. The number of rotatable bonds is 4. The van der Waals surface area contributed by atoms with Crippen molar-refractivity contribution >= 4 is 15.9 Å². The number of methoxy groups -OCH3 is 1. The minimum Gasteiger partial charge on any atom is -0.496 e. The number of halogens is 1. The smallest absolute Gasteiger partial charge is 0.133 e. The molecule has 1 aliphatic rings. The van der Waals surface area contributed by atoms with Gasteiger partial charge in [0.2, 0.25) is 0 Å². The first-order valence-corrected chi connectivity index (χ1v) is 7.59. The van der Waals surface area contributed by atoms with E-state index < -0.39 is 0 Å². The Hall–Kier alpha value is -0.580. The Bertz CT molecular complexity index is 428. The Morgan fingerprint density at radius 2 is 2.05 bits per heavy atom. The molecule has 0 spiro atoms. The Morgan fingerprint density at radius 1 is 1.37 bits per heavy atom. The van der Waals surface area contributed by atoms with Crippen molar-refractivity contribution in [1.29, 1.82) is 0 Å². The summed E-state index contributed by atoms with van der Waals surface area (Å²) in [5.74, 6) is 0.894. The van der Waals surface area contributed by atoms with Gasteiger partial charge in [0.15, 0.2) is 0 Å². The monoisotopic (exact) mass is 326 g/mol. The van der Waals surface area contributed by atoms with Gasteiger partial charge in [0.25, 0.3) is 0 Å². The second kappa shape index (κ2) is 6.25. The molecular weight excluding hydrogens is 304 g/mol. The van der Waals surface area contributed by atoms with E-state index in [9.17, 15) is 0 Å². The van der Waals surface area contributed by atoms with Crippen LogP contribution in [0.5, 0.6) is 5.75 Å². The third-order valence-corrected chi connectivity index (χ3v) is 4.81. The molecule has 0 radical (unpaired) electrons. The highest BCUT2D eigenvalue weighted by Gasteiger charge is 2.28. The van der Waals surface area contributed by atoms with E-state index in [0.717, 1.165) is 29.9 Å². The fraction of sp³-hybridized carbons (Fsp3) is 0.600. The van der Waals surface area contributed by atoms with Gasteiger partial charge >= 0.3 is 0 Å². The predicted molar refractivity (Wildman–Crippen MR) is 82.7 cm³/mol. The first kappa shape index (κ1) is 14.8. The number of likely N-dealkylation sites (tertiary alicyclic amines) is 1. The summed E-state index contributed by atoms with van der Waals surface area (Å²) in [5.41, 5.74) is 1.65. The molecule has 2 rings (SSSR count). The van der Waals surface area contributed by atoms with Gasteiger partial charge in [0, 0.05) is 25.2 Å². The summed E-state index contributed by atoms with van der Waals surface area (Å²) in [6.07, 6.45) is 2.42. The molecule has 0 bridgehead atoms. The quantitative estimate of drug-likeness (QED) is 0.920. The summed E-state index contributed by atoms with van der Waals surface area (Å²) in [7, 11) is 3.76. The van der Waals surface area contributed by atoms with E-state index in [-0.39, 0.29) is 0 Å². The van der Waals surface area contributed by atoms with Crippen LogP contribution in [0.1, 0.15) is 25.3 Å². The van der Waals surface area contributed by atoms with E-state index in [2.05, 4.69) is 52.3 Å². The zero-order chi connectivity index (χ0) is 13.9. The van der Waals surface area contributed by atoms with Crippen LogP contribution >= 0.6 is 15.9 Å². The first-order chi connectivity index (χ1) is 9.06. The van der Waals surface area contributed by atoms with Gasteiger partial charge < -0.3 is 10.1 Å². The number of nitrogens with zero attached hydrogens (tertiary/aromatic N) is 1. The Balaban J connectivity index is 1.94. The predicted octanol–water partition coefficient (Wildman–Crippen LogP) is 3.03. The summed E-state index contributed by atoms with van der Waals surface area (Å²) in [5, 5.41) is 3.44. The number of hydrogen-bond acceptors (Lipinski definition) is 3. The first-order valence-electron chi connectivity index (χ1n) is 6.80. The third-order valence-electron chi connectivity index (χ3n) is 4.19. The number of nitrogens with one attached hydrogen (secondary N) is 1. The molecule has 0 unspecified atom stereocenters. The molecule has 1 aliphatic heterocycles. The summed E-state index contributed by atoms with van der Waals surface area (Å²) in [6.45, 7) is 5.64. The highest BCUT2D eigenvalue weighted by Crippen LogP contribution is 2.27. The lowest BCUT2D eigenvalue weighted by molar-refractivity contribution is 0.146. The molecule has 0 atom stereocenters. The van der Waals surface area contributed by atoms with Crippen molar-refractivity contribution in [3.63, 3.8) is 0 Å². The molecule has 1 aromatic carbocycles. The van der Waals surface area contributed by atoms with Gasteiger partial charge in [-0.3, -0.25) is 4.90 Å². The fourth-order valence-corrected chi connectivity index (χ4v) is 3.11. The van der Waals surface area contributed by atoms with Crippen LogP contribution in [0.3, 0.4) is 0 Å². The standard InChI is InChI=1S/C15H23BrN2O/c1-15(17-2)6-8-18(9-7-15)11-12-4-5-14(19-3)13(16)10-12/h4-5,10,17H,6-9,11H2,1-3H3. The molecule has 19 heavy (non-hydrogen) atoms. The average molecular weight is 327 g/mol. The number of piperidine rings is 1. The Kier molecular flexibility index (Phi) is 4.87. The van der Waals surface area contributed by atoms with Gasteiger partial charge in [-0.1, -0.05) is 6.07 Å². The Morgan fingerprint density at radius 3 is 2.58 bits per heavy atom. The zero-order valence-corrected chi connectivity index (χ0v) is 13.6. The van der Waals surface area contributed by atoms with E-state index >= 15 is 0 Å². The van der Waals surface area contributed by atoms with Crippen LogP contribution in [0, 0.1) is 0 Å². The SMILES string of the molecule is CNC1(C)CCN(Cc2ccc(OC)c(Br)c2)CC1. The number of hydrogen-bond donors (Lipinski definition) is 1. The molecule has 4 heteroatoms. The summed E-state index contributed by atoms with van der Waals surface area (Å²) in [4.78, 5) is 2.52. The third kappa shape index (κ3) is 3.71. The number of benzene rings is 1. The molecular formula is C15H23BrN2O. The summed E-state index contributed by atoms with van der Waals surface area (Å²) in [6, 6.07) is 6.33. The molecule has 1 N–H and O–H groups in total. The minimum absolute atomic E-state index is 0.316. The molecule has 0 aromatic heterocycles. The molecule has 1 saturated heterocycles. The zero-order valence-electron chi connectivity index (χ0n) is 12.0. The van der Waals surface area contributed by atoms with Crippen molar-refractivity contribution in [2.24, 2.45) is 0 Å². The maximum absolute atomic E-state index is 5.26. The number of ether oxygens (including phenoxy) is 1. The molecule has 3 nitrogen and oxygen atoms in total. The largest absolute Gasteiger partial charge is 0.496 e. The van der Waals surface area contributed by atoms with E-state index in [1.165, 1.54) is 18.4 Å². The second-order valence-corrected chi connectivity index (χ2v) is 6.41. The summed E-state index contributed by atoms with van der Waals surface area (Å²) >= 11 is 3.55. The molecule has 1 aromatic rings. The Labute approximate surface area is 124 Å². The van der Waals surface area contributed by atoms with Crippen LogP contribution in [0.4, 0.5) is 0 Å². The lowest BCUT2D eigenvalue weighted by atomic mass is 9.90. The molecule has 106 valence electrons. The highest BCUT2D eigenvalue weighted by atomic mass is 79.9. The van der Waals surface area contributed by atoms with Gasteiger partial charge in [0.05, 0.1) is 11.6 Å².